The summed E-state index contributed by atoms with van der Waals surface area (Å²) in [5, 5.41) is 3.10. The smallest absolute Gasteiger partial charge is 0.144 e. The summed E-state index contributed by atoms with van der Waals surface area (Å²) in [5.41, 5.74) is 7.57. The maximum Gasteiger partial charge on any atom is 0.144 e. The van der Waals surface area contributed by atoms with Crippen molar-refractivity contribution in [3.05, 3.63) is 47.2 Å². The second-order valence-electron chi connectivity index (χ2n) is 3.71. The molecule has 18 heavy (non-hydrogen) atoms. The van der Waals surface area contributed by atoms with Gasteiger partial charge in [-0.15, -0.1) is 11.8 Å². The van der Waals surface area contributed by atoms with Crippen molar-refractivity contribution in [1.82, 2.24) is 0 Å². The zero-order valence-electron chi connectivity index (χ0n) is 9.71. The first-order valence-corrected chi connectivity index (χ1v) is 6.86. The lowest BCUT2D eigenvalue weighted by Gasteiger charge is -2.11. The Bertz CT molecular complexity index is 575. The molecule has 3 N–H and O–H groups in total. The standard InChI is InChI=1S/C13H12ClFN2S/c1-18-9-4-2-3-8(5-9)17-13-7-11(15)10(14)6-12(13)16/h2-7,17H,16H2,1H3. The minimum Gasteiger partial charge on any atom is -0.397 e. The van der Waals surface area contributed by atoms with E-state index in [0.29, 0.717) is 11.4 Å². The van der Waals surface area contributed by atoms with Crippen molar-refractivity contribution in [3.63, 3.8) is 0 Å². The largest absolute Gasteiger partial charge is 0.397 e. The van der Waals surface area contributed by atoms with E-state index in [-0.39, 0.29) is 5.02 Å². The number of thioether (sulfide) groups is 1. The van der Waals surface area contributed by atoms with E-state index >= 15 is 0 Å². The van der Waals surface area contributed by atoms with E-state index in [1.54, 1.807) is 11.8 Å². The highest BCUT2D eigenvalue weighted by atomic mass is 35.5. The molecule has 0 saturated carbocycles. The van der Waals surface area contributed by atoms with Crippen LogP contribution in [0.5, 0.6) is 0 Å². The van der Waals surface area contributed by atoms with Gasteiger partial charge >= 0.3 is 0 Å². The third-order valence-electron chi connectivity index (χ3n) is 2.44. The van der Waals surface area contributed by atoms with Gasteiger partial charge in [-0.2, -0.15) is 0 Å². The Labute approximate surface area is 114 Å². The van der Waals surface area contributed by atoms with Gasteiger partial charge in [-0.25, -0.2) is 4.39 Å². The van der Waals surface area contributed by atoms with Crippen LogP contribution in [0.4, 0.5) is 21.5 Å². The molecule has 2 aromatic carbocycles. The number of rotatable bonds is 3. The molecule has 0 aliphatic carbocycles. The van der Waals surface area contributed by atoms with E-state index in [0.717, 1.165) is 10.6 Å². The number of nitrogens with two attached hydrogens (primary N) is 1. The van der Waals surface area contributed by atoms with Crippen LogP contribution >= 0.6 is 23.4 Å². The topological polar surface area (TPSA) is 38.0 Å². The fraction of sp³-hybridized carbons (Fsp3) is 0.0769. The van der Waals surface area contributed by atoms with Crippen LogP contribution in [0.1, 0.15) is 0 Å². The molecule has 94 valence electrons. The number of anilines is 3. The molecule has 0 aliphatic heterocycles. The molecule has 0 radical (unpaired) electrons. The molecule has 0 atom stereocenters. The van der Waals surface area contributed by atoms with Crippen molar-refractivity contribution < 1.29 is 4.39 Å². The van der Waals surface area contributed by atoms with Crippen LogP contribution in [0.15, 0.2) is 41.3 Å². The third kappa shape index (κ3) is 2.89. The average Bonchev–Trinajstić information content (AvgIpc) is 2.36. The number of hydrogen-bond acceptors (Lipinski definition) is 3. The van der Waals surface area contributed by atoms with Crippen LogP contribution in [-0.4, -0.2) is 6.26 Å². The molecule has 0 saturated heterocycles. The average molecular weight is 283 g/mol. The fourth-order valence-corrected chi connectivity index (χ4v) is 2.16. The van der Waals surface area contributed by atoms with E-state index in [4.69, 9.17) is 17.3 Å². The molecular formula is C13H12ClFN2S. The predicted molar refractivity (Wildman–Crippen MR) is 77.3 cm³/mol. The lowest BCUT2D eigenvalue weighted by molar-refractivity contribution is 0.629. The highest BCUT2D eigenvalue weighted by Gasteiger charge is 2.06. The van der Waals surface area contributed by atoms with E-state index in [2.05, 4.69) is 5.32 Å². The number of nitrogens with one attached hydrogen (secondary N) is 1. The van der Waals surface area contributed by atoms with Gasteiger partial charge in [0.2, 0.25) is 0 Å². The van der Waals surface area contributed by atoms with Crippen molar-refractivity contribution in [2.75, 3.05) is 17.3 Å². The van der Waals surface area contributed by atoms with Crippen LogP contribution in [0.3, 0.4) is 0 Å². The lowest BCUT2D eigenvalue weighted by Crippen LogP contribution is -1.97. The summed E-state index contributed by atoms with van der Waals surface area (Å²) in [7, 11) is 0. The molecule has 0 amide bonds. The van der Waals surface area contributed by atoms with Crippen molar-refractivity contribution >= 4 is 40.4 Å². The Morgan fingerprint density at radius 2 is 2.06 bits per heavy atom. The molecule has 0 fully saturated rings. The van der Waals surface area contributed by atoms with Gasteiger partial charge in [0, 0.05) is 16.6 Å². The summed E-state index contributed by atoms with van der Waals surface area (Å²) in [6, 6.07) is 10.5. The van der Waals surface area contributed by atoms with Gasteiger partial charge in [-0.3, -0.25) is 0 Å². The first kappa shape index (κ1) is 13.1. The molecule has 0 aliphatic rings. The Kier molecular flexibility index (Phi) is 3.99. The van der Waals surface area contributed by atoms with Gasteiger partial charge < -0.3 is 11.1 Å². The Morgan fingerprint density at radius 1 is 1.28 bits per heavy atom. The molecule has 0 heterocycles. The van der Waals surface area contributed by atoms with Gasteiger partial charge in [-0.1, -0.05) is 17.7 Å². The summed E-state index contributed by atoms with van der Waals surface area (Å²) in [5.74, 6) is -0.491. The predicted octanol–water partition coefficient (Wildman–Crippen LogP) is 4.53. The third-order valence-corrected chi connectivity index (χ3v) is 3.46. The number of halogens is 2. The van der Waals surface area contributed by atoms with E-state index < -0.39 is 5.82 Å². The Hall–Kier alpha value is -1.39. The SMILES string of the molecule is CSc1cccc(Nc2cc(F)c(Cl)cc2N)c1. The molecule has 0 spiro atoms. The van der Waals surface area contributed by atoms with Gasteiger partial charge in [-0.05, 0) is 30.5 Å². The summed E-state index contributed by atoms with van der Waals surface area (Å²) >= 11 is 7.29. The van der Waals surface area contributed by atoms with Gasteiger partial charge in [0.05, 0.1) is 16.4 Å². The molecular weight excluding hydrogens is 271 g/mol. The fourth-order valence-electron chi connectivity index (χ4n) is 1.53. The van der Waals surface area contributed by atoms with E-state index in [9.17, 15) is 4.39 Å². The zero-order valence-corrected chi connectivity index (χ0v) is 11.3. The molecule has 2 rings (SSSR count). The van der Waals surface area contributed by atoms with Gasteiger partial charge in [0.15, 0.2) is 0 Å². The minimum atomic E-state index is -0.491. The first-order valence-electron chi connectivity index (χ1n) is 5.26. The van der Waals surface area contributed by atoms with E-state index in [1.807, 2.05) is 30.5 Å². The van der Waals surface area contributed by atoms with Crippen LogP contribution in [0.2, 0.25) is 5.02 Å². The van der Waals surface area contributed by atoms with Crippen molar-refractivity contribution in [2.45, 2.75) is 4.90 Å². The summed E-state index contributed by atoms with van der Waals surface area (Å²) < 4.78 is 13.4. The molecule has 0 unspecified atom stereocenters. The summed E-state index contributed by atoms with van der Waals surface area (Å²) in [4.78, 5) is 1.12. The van der Waals surface area contributed by atoms with Gasteiger partial charge in [0.1, 0.15) is 5.82 Å². The lowest BCUT2D eigenvalue weighted by atomic mass is 10.2. The number of nitrogen functional groups attached to an aromatic ring is 1. The van der Waals surface area contributed by atoms with Crippen molar-refractivity contribution in [3.8, 4) is 0 Å². The van der Waals surface area contributed by atoms with Gasteiger partial charge in [0.25, 0.3) is 0 Å². The van der Waals surface area contributed by atoms with Crippen molar-refractivity contribution in [1.29, 1.82) is 0 Å². The van der Waals surface area contributed by atoms with Crippen LogP contribution in [0, 0.1) is 5.82 Å². The molecule has 0 aromatic heterocycles. The Morgan fingerprint density at radius 3 is 2.78 bits per heavy atom. The minimum absolute atomic E-state index is 0.0240. The summed E-state index contributed by atoms with van der Waals surface area (Å²) in [6.07, 6.45) is 2.00. The molecule has 2 aromatic rings. The second-order valence-corrected chi connectivity index (χ2v) is 5.00. The Balaban J connectivity index is 2.30. The zero-order chi connectivity index (χ0) is 13.1. The molecule has 5 heteroatoms. The maximum absolute atomic E-state index is 13.4. The number of benzene rings is 2. The monoisotopic (exact) mass is 282 g/mol. The summed E-state index contributed by atoms with van der Waals surface area (Å²) in [6.45, 7) is 0. The number of hydrogen-bond donors (Lipinski definition) is 2. The van der Waals surface area contributed by atoms with Crippen LogP contribution in [-0.2, 0) is 0 Å². The highest BCUT2D eigenvalue weighted by molar-refractivity contribution is 7.98. The quantitative estimate of drug-likeness (QED) is 0.642. The van der Waals surface area contributed by atoms with Crippen molar-refractivity contribution in [2.24, 2.45) is 0 Å². The first-order chi connectivity index (χ1) is 8.60. The van der Waals surface area contributed by atoms with Crippen LogP contribution < -0.4 is 11.1 Å². The normalized spacial score (nSPS) is 10.4. The van der Waals surface area contributed by atoms with E-state index in [1.165, 1.54) is 12.1 Å². The second kappa shape index (κ2) is 5.50. The van der Waals surface area contributed by atoms with Crippen LogP contribution in [0.25, 0.3) is 0 Å². The maximum atomic E-state index is 13.4. The molecule has 2 nitrogen and oxygen atoms in total. The molecule has 0 bridgehead atoms. The highest BCUT2D eigenvalue weighted by Crippen LogP contribution is 2.29.